The molecule has 0 aliphatic heterocycles. The van der Waals surface area contributed by atoms with Crippen molar-refractivity contribution in [2.24, 2.45) is 0 Å². The molecule has 6 nitrogen and oxygen atoms in total. The Morgan fingerprint density at radius 2 is 1.50 bits per heavy atom. The summed E-state index contributed by atoms with van der Waals surface area (Å²) in [5.41, 5.74) is 0. The normalized spacial score (nSPS) is 20.1. The Kier molecular flexibility index (Phi) is 6.98. The van der Waals surface area contributed by atoms with Gasteiger partial charge in [0, 0.05) is 6.61 Å². The van der Waals surface area contributed by atoms with Gasteiger partial charge in [-0.25, -0.2) is 0 Å². The van der Waals surface area contributed by atoms with Gasteiger partial charge in [0.15, 0.2) is 0 Å². The SMILES string of the molecule is CCOC[C@@H](O)[C@H](O)[C@H](O)[C@@H](O)CO. The molecule has 86 valence electrons. The van der Waals surface area contributed by atoms with Gasteiger partial charge < -0.3 is 30.3 Å². The van der Waals surface area contributed by atoms with Crippen LogP contribution in [-0.2, 0) is 4.74 Å². The average molecular weight is 210 g/mol. The lowest BCUT2D eigenvalue weighted by molar-refractivity contribution is -0.128. The van der Waals surface area contributed by atoms with Crippen LogP contribution in [0.3, 0.4) is 0 Å². The Labute approximate surface area is 82.4 Å². The fraction of sp³-hybridized carbons (Fsp3) is 1.00. The summed E-state index contributed by atoms with van der Waals surface area (Å²) < 4.78 is 4.81. The van der Waals surface area contributed by atoms with Gasteiger partial charge >= 0.3 is 0 Å². The quantitative estimate of drug-likeness (QED) is 0.316. The molecule has 0 aromatic heterocycles. The van der Waals surface area contributed by atoms with Crippen LogP contribution in [0.2, 0.25) is 0 Å². The first-order valence-corrected chi connectivity index (χ1v) is 4.45. The van der Waals surface area contributed by atoms with Crippen molar-refractivity contribution in [1.29, 1.82) is 0 Å². The maximum Gasteiger partial charge on any atom is 0.111 e. The summed E-state index contributed by atoms with van der Waals surface area (Å²) in [6.45, 7) is 1.28. The minimum Gasteiger partial charge on any atom is -0.394 e. The van der Waals surface area contributed by atoms with Gasteiger partial charge in [0.2, 0.25) is 0 Å². The highest BCUT2D eigenvalue weighted by Gasteiger charge is 2.29. The molecule has 0 unspecified atom stereocenters. The fourth-order valence-electron chi connectivity index (χ4n) is 0.900. The summed E-state index contributed by atoms with van der Waals surface area (Å²) in [5, 5.41) is 45.1. The number of ether oxygens (including phenoxy) is 1. The van der Waals surface area contributed by atoms with Crippen molar-refractivity contribution >= 4 is 0 Å². The molecule has 0 aliphatic rings. The Bertz CT molecular complexity index is 142. The highest BCUT2D eigenvalue weighted by Crippen LogP contribution is 2.05. The first-order chi connectivity index (χ1) is 6.54. The van der Waals surface area contributed by atoms with Crippen molar-refractivity contribution in [1.82, 2.24) is 0 Å². The third-order valence-electron chi connectivity index (χ3n) is 1.82. The number of hydrogen-bond acceptors (Lipinski definition) is 6. The highest BCUT2D eigenvalue weighted by atomic mass is 16.5. The van der Waals surface area contributed by atoms with E-state index in [1.807, 2.05) is 0 Å². The van der Waals surface area contributed by atoms with E-state index >= 15 is 0 Å². The standard InChI is InChI=1S/C8H18O6/c1-2-14-4-6(11)8(13)7(12)5(10)3-9/h5-13H,2-4H2,1H3/t5-,6+,7+,8-/m0/s1. The number of hydrogen-bond donors (Lipinski definition) is 5. The average Bonchev–Trinajstić information content (AvgIpc) is 2.22. The molecule has 0 aliphatic carbocycles. The molecule has 5 N–H and O–H groups in total. The molecule has 0 saturated carbocycles. The number of rotatable bonds is 7. The fourth-order valence-corrected chi connectivity index (χ4v) is 0.900. The third kappa shape index (κ3) is 4.32. The maximum absolute atomic E-state index is 9.26. The minimum atomic E-state index is -1.59. The summed E-state index contributed by atoms with van der Waals surface area (Å²) in [6.07, 6.45) is -5.88. The van der Waals surface area contributed by atoms with Crippen molar-refractivity contribution in [3.8, 4) is 0 Å². The van der Waals surface area contributed by atoms with E-state index in [1.54, 1.807) is 6.92 Å². The van der Waals surface area contributed by atoms with Crippen LogP contribution in [0, 0.1) is 0 Å². The van der Waals surface area contributed by atoms with Crippen molar-refractivity contribution in [3.05, 3.63) is 0 Å². The Morgan fingerprint density at radius 3 is 1.93 bits per heavy atom. The van der Waals surface area contributed by atoms with Gasteiger partial charge in [-0.2, -0.15) is 0 Å². The van der Waals surface area contributed by atoms with E-state index in [9.17, 15) is 15.3 Å². The van der Waals surface area contributed by atoms with E-state index in [1.165, 1.54) is 0 Å². The molecular formula is C8H18O6. The minimum absolute atomic E-state index is 0.132. The van der Waals surface area contributed by atoms with Crippen molar-refractivity contribution in [3.63, 3.8) is 0 Å². The number of aliphatic hydroxyl groups excluding tert-OH is 5. The van der Waals surface area contributed by atoms with Crippen LogP contribution >= 0.6 is 0 Å². The van der Waals surface area contributed by atoms with Crippen LogP contribution < -0.4 is 0 Å². The highest BCUT2D eigenvalue weighted by molar-refractivity contribution is 4.80. The molecule has 0 aromatic carbocycles. The van der Waals surface area contributed by atoms with Gasteiger partial charge in [0.1, 0.15) is 24.4 Å². The summed E-state index contributed by atoms with van der Waals surface area (Å²) >= 11 is 0. The van der Waals surface area contributed by atoms with Gasteiger partial charge in [-0.3, -0.25) is 0 Å². The summed E-state index contributed by atoms with van der Waals surface area (Å²) in [7, 11) is 0. The molecule has 0 amide bonds. The van der Waals surface area contributed by atoms with Gasteiger partial charge in [-0.05, 0) is 6.92 Å². The Balaban J connectivity index is 3.95. The molecule has 0 aromatic rings. The number of aliphatic hydroxyl groups is 5. The van der Waals surface area contributed by atoms with Gasteiger partial charge in [-0.1, -0.05) is 0 Å². The van der Waals surface area contributed by atoms with Crippen molar-refractivity contribution in [2.45, 2.75) is 31.3 Å². The second kappa shape index (κ2) is 7.10. The van der Waals surface area contributed by atoms with E-state index in [2.05, 4.69) is 0 Å². The lowest BCUT2D eigenvalue weighted by atomic mass is 10.0. The second-order valence-corrected chi connectivity index (χ2v) is 2.96. The van der Waals surface area contributed by atoms with Gasteiger partial charge in [-0.15, -0.1) is 0 Å². The Morgan fingerprint density at radius 1 is 1.00 bits per heavy atom. The summed E-state index contributed by atoms with van der Waals surface area (Å²) in [4.78, 5) is 0. The first-order valence-electron chi connectivity index (χ1n) is 4.45. The van der Waals surface area contributed by atoms with Crippen LogP contribution in [-0.4, -0.2) is 69.8 Å². The maximum atomic E-state index is 9.26. The topological polar surface area (TPSA) is 110 Å². The smallest absolute Gasteiger partial charge is 0.111 e. The van der Waals surface area contributed by atoms with Gasteiger partial charge in [0.05, 0.1) is 13.2 Å². The molecule has 0 rings (SSSR count). The van der Waals surface area contributed by atoms with Crippen LogP contribution in [0.1, 0.15) is 6.92 Å². The van der Waals surface area contributed by atoms with Gasteiger partial charge in [0.25, 0.3) is 0 Å². The largest absolute Gasteiger partial charge is 0.394 e. The second-order valence-electron chi connectivity index (χ2n) is 2.96. The zero-order chi connectivity index (χ0) is 11.1. The molecule has 0 spiro atoms. The van der Waals surface area contributed by atoms with E-state index in [0.717, 1.165) is 0 Å². The monoisotopic (exact) mass is 210 g/mol. The lowest BCUT2D eigenvalue weighted by Gasteiger charge is -2.25. The van der Waals surface area contributed by atoms with Crippen LogP contribution in [0.15, 0.2) is 0 Å². The zero-order valence-electron chi connectivity index (χ0n) is 8.08. The molecule has 6 heteroatoms. The zero-order valence-corrected chi connectivity index (χ0v) is 8.08. The summed E-state index contributed by atoms with van der Waals surface area (Å²) in [6, 6.07) is 0. The Hall–Kier alpha value is -0.240. The van der Waals surface area contributed by atoms with Crippen LogP contribution in [0.4, 0.5) is 0 Å². The molecule has 0 heterocycles. The molecular weight excluding hydrogens is 192 g/mol. The third-order valence-corrected chi connectivity index (χ3v) is 1.82. The molecule has 0 fully saturated rings. The first kappa shape index (κ1) is 13.8. The van der Waals surface area contributed by atoms with E-state index in [-0.39, 0.29) is 6.61 Å². The van der Waals surface area contributed by atoms with Crippen LogP contribution in [0.25, 0.3) is 0 Å². The van der Waals surface area contributed by atoms with E-state index in [0.29, 0.717) is 6.61 Å². The molecule has 0 bridgehead atoms. The van der Waals surface area contributed by atoms with E-state index < -0.39 is 31.0 Å². The molecule has 0 radical (unpaired) electrons. The molecule has 14 heavy (non-hydrogen) atoms. The van der Waals surface area contributed by atoms with Crippen molar-refractivity contribution < 1.29 is 30.3 Å². The summed E-state index contributed by atoms with van der Waals surface area (Å²) in [5.74, 6) is 0. The van der Waals surface area contributed by atoms with Crippen molar-refractivity contribution in [2.75, 3.05) is 19.8 Å². The predicted molar refractivity (Wildman–Crippen MR) is 47.6 cm³/mol. The molecule has 0 saturated heterocycles. The van der Waals surface area contributed by atoms with E-state index in [4.69, 9.17) is 14.9 Å². The van der Waals surface area contributed by atoms with Crippen LogP contribution in [0.5, 0.6) is 0 Å². The molecule has 4 atom stereocenters. The lowest BCUT2D eigenvalue weighted by Crippen LogP contribution is -2.47. The predicted octanol–water partition coefficient (Wildman–Crippen LogP) is -2.54.